The van der Waals surface area contributed by atoms with E-state index in [1.807, 2.05) is 24.4 Å². The SMILES string of the molecule is Cc1ccc2c(oc3ccccc32)c1N1c2ncccc2N(C(C)C)C1C. The molecule has 4 aromatic rings. The molecule has 1 aliphatic heterocycles. The van der Waals surface area contributed by atoms with Gasteiger partial charge >= 0.3 is 0 Å². The van der Waals surface area contributed by atoms with Crippen LogP contribution in [0.1, 0.15) is 26.3 Å². The number of nitrogens with zero attached hydrogens (tertiary/aromatic N) is 3. The number of anilines is 3. The van der Waals surface area contributed by atoms with Crippen molar-refractivity contribution >= 4 is 39.1 Å². The minimum Gasteiger partial charge on any atom is -0.454 e. The van der Waals surface area contributed by atoms with Gasteiger partial charge in [-0.2, -0.15) is 0 Å². The van der Waals surface area contributed by atoms with Crippen LogP contribution < -0.4 is 9.80 Å². The number of hydrogen-bond acceptors (Lipinski definition) is 4. The Balaban J connectivity index is 1.82. The fourth-order valence-electron chi connectivity index (χ4n) is 4.45. The van der Waals surface area contributed by atoms with Crippen molar-refractivity contribution in [3.8, 4) is 0 Å². The van der Waals surface area contributed by atoms with E-state index in [9.17, 15) is 0 Å². The van der Waals surface area contributed by atoms with Crippen molar-refractivity contribution < 1.29 is 4.42 Å². The number of benzene rings is 2. The fraction of sp³-hybridized carbons (Fsp3) is 0.261. The van der Waals surface area contributed by atoms with E-state index in [4.69, 9.17) is 9.40 Å². The third kappa shape index (κ3) is 2.19. The number of para-hydroxylation sites is 1. The molecule has 0 spiro atoms. The maximum atomic E-state index is 6.35. The highest BCUT2D eigenvalue weighted by Crippen LogP contribution is 2.47. The molecule has 0 bridgehead atoms. The van der Waals surface area contributed by atoms with E-state index in [1.165, 1.54) is 11.3 Å². The Hall–Kier alpha value is -3.01. The molecule has 0 fully saturated rings. The smallest absolute Gasteiger partial charge is 0.159 e. The minimum atomic E-state index is 0.160. The normalized spacial score (nSPS) is 16.7. The second-order valence-electron chi connectivity index (χ2n) is 7.55. The molecule has 1 unspecified atom stereocenters. The largest absolute Gasteiger partial charge is 0.454 e. The summed E-state index contributed by atoms with van der Waals surface area (Å²) in [6.45, 7) is 8.84. The Labute approximate surface area is 159 Å². The average molecular weight is 357 g/mol. The van der Waals surface area contributed by atoms with Gasteiger partial charge in [-0.1, -0.05) is 30.3 Å². The van der Waals surface area contributed by atoms with Crippen molar-refractivity contribution in [2.24, 2.45) is 0 Å². The maximum absolute atomic E-state index is 6.35. The Morgan fingerprint density at radius 1 is 1.00 bits per heavy atom. The van der Waals surface area contributed by atoms with Gasteiger partial charge in [0.15, 0.2) is 11.4 Å². The number of pyridine rings is 1. The Bertz CT molecular complexity index is 1160. The van der Waals surface area contributed by atoms with Crippen molar-refractivity contribution in [3.63, 3.8) is 0 Å². The first-order valence-electron chi connectivity index (χ1n) is 9.51. The zero-order chi connectivity index (χ0) is 18.7. The number of hydrogen-bond donors (Lipinski definition) is 0. The second kappa shape index (κ2) is 5.74. The van der Waals surface area contributed by atoms with Gasteiger partial charge in [0.05, 0.1) is 11.4 Å². The van der Waals surface area contributed by atoms with Gasteiger partial charge in [-0.25, -0.2) is 4.98 Å². The quantitative estimate of drug-likeness (QED) is 0.440. The van der Waals surface area contributed by atoms with E-state index in [-0.39, 0.29) is 6.17 Å². The monoisotopic (exact) mass is 357 g/mol. The van der Waals surface area contributed by atoms with Crippen LogP contribution in [-0.4, -0.2) is 17.2 Å². The zero-order valence-electron chi connectivity index (χ0n) is 16.1. The fourth-order valence-corrected chi connectivity index (χ4v) is 4.45. The lowest BCUT2D eigenvalue weighted by Gasteiger charge is -2.33. The molecule has 0 N–H and O–H groups in total. The van der Waals surface area contributed by atoms with Gasteiger partial charge in [-0.05, 0) is 51.5 Å². The molecule has 2 aromatic heterocycles. The highest BCUT2D eigenvalue weighted by molar-refractivity contribution is 6.10. The molecule has 1 atom stereocenters. The van der Waals surface area contributed by atoms with Crippen LogP contribution in [0.25, 0.3) is 21.9 Å². The number of aryl methyl sites for hydroxylation is 1. The molecule has 136 valence electrons. The van der Waals surface area contributed by atoms with Crippen LogP contribution in [-0.2, 0) is 0 Å². The highest BCUT2D eigenvalue weighted by atomic mass is 16.3. The summed E-state index contributed by atoms with van der Waals surface area (Å²) in [5, 5.41) is 2.31. The van der Waals surface area contributed by atoms with Gasteiger partial charge in [0.2, 0.25) is 0 Å². The Morgan fingerprint density at radius 3 is 2.63 bits per heavy atom. The molecule has 2 aromatic carbocycles. The van der Waals surface area contributed by atoms with Crippen LogP contribution in [0.15, 0.2) is 59.1 Å². The van der Waals surface area contributed by atoms with Gasteiger partial charge in [0, 0.05) is 23.0 Å². The average Bonchev–Trinajstić information content (AvgIpc) is 3.17. The summed E-state index contributed by atoms with van der Waals surface area (Å²) in [6, 6.07) is 17.1. The maximum Gasteiger partial charge on any atom is 0.159 e. The molecule has 0 aliphatic carbocycles. The molecule has 4 nitrogen and oxygen atoms in total. The molecule has 5 rings (SSSR count). The summed E-state index contributed by atoms with van der Waals surface area (Å²) < 4.78 is 6.35. The molecule has 0 saturated heterocycles. The van der Waals surface area contributed by atoms with E-state index in [1.54, 1.807) is 0 Å². The summed E-state index contributed by atoms with van der Waals surface area (Å²) in [5.41, 5.74) is 5.33. The minimum absolute atomic E-state index is 0.160. The summed E-state index contributed by atoms with van der Waals surface area (Å²) in [7, 11) is 0. The summed E-state index contributed by atoms with van der Waals surface area (Å²) in [5.74, 6) is 0.995. The lowest BCUT2D eigenvalue weighted by Crippen LogP contribution is -2.42. The number of furan rings is 1. The highest BCUT2D eigenvalue weighted by Gasteiger charge is 2.38. The van der Waals surface area contributed by atoms with Crippen LogP contribution in [0.5, 0.6) is 0 Å². The third-order valence-corrected chi connectivity index (χ3v) is 5.57. The molecule has 0 amide bonds. The lowest BCUT2D eigenvalue weighted by atomic mass is 10.1. The summed E-state index contributed by atoms with van der Waals surface area (Å²) in [4.78, 5) is 9.49. The second-order valence-corrected chi connectivity index (χ2v) is 7.55. The van der Waals surface area contributed by atoms with Crippen LogP contribution in [0.4, 0.5) is 17.2 Å². The lowest BCUT2D eigenvalue weighted by molar-refractivity contribution is 0.602. The molecule has 3 heterocycles. The van der Waals surface area contributed by atoms with Crippen LogP contribution in [0.3, 0.4) is 0 Å². The molecule has 1 aliphatic rings. The van der Waals surface area contributed by atoms with E-state index in [0.29, 0.717) is 6.04 Å². The van der Waals surface area contributed by atoms with Gasteiger partial charge in [-0.3, -0.25) is 0 Å². The zero-order valence-corrected chi connectivity index (χ0v) is 16.1. The van der Waals surface area contributed by atoms with Gasteiger partial charge in [0.1, 0.15) is 11.7 Å². The van der Waals surface area contributed by atoms with Crippen molar-refractivity contribution in [3.05, 3.63) is 60.3 Å². The standard InChI is InChI=1S/C23H23N3O/c1-14(2)25-16(4)26(23-19(25)9-7-13-24-23)21-15(3)11-12-18-17-8-5-6-10-20(17)27-22(18)21/h5-14,16H,1-4H3. The topological polar surface area (TPSA) is 32.5 Å². The Morgan fingerprint density at radius 2 is 1.81 bits per heavy atom. The molecule has 0 saturated carbocycles. The van der Waals surface area contributed by atoms with E-state index in [2.05, 4.69) is 67.8 Å². The van der Waals surface area contributed by atoms with Gasteiger partial charge < -0.3 is 14.2 Å². The van der Waals surface area contributed by atoms with Crippen molar-refractivity contribution in [1.82, 2.24) is 4.98 Å². The van der Waals surface area contributed by atoms with Crippen LogP contribution in [0.2, 0.25) is 0 Å². The Kier molecular flexibility index (Phi) is 3.44. The first-order valence-corrected chi connectivity index (χ1v) is 9.51. The van der Waals surface area contributed by atoms with Crippen molar-refractivity contribution in [2.75, 3.05) is 9.80 Å². The van der Waals surface area contributed by atoms with E-state index < -0.39 is 0 Å². The predicted octanol–water partition coefficient (Wildman–Crippen LogP) is 6.00. The van der Waals surface area contributed by atoms with Crippen molar-refractivity contribution in [2.45, 2.75) is 39.9 Å². The first kappa shape index (κ1) is 16.2. The van der Waals surface area contributed by atoms with E-state index in [0.717, 1.165) is 33.4 Å². The number of rotatable bonds is 2. The summed E-state index contributed by atoms with van der Waals surface area (Å²) in [6.07, 6.45) is 2.03. The number of aromatic nitrogens is 1. The molecule has 27 heavy (non-hydrogen) atoms. The van der Waals surface area contributed by atoms with Gasteiger partial charge in [-0.15, -0.1) is 0 Å². The van der Waals surface area contributed by atoms with Gasteiger partial charge in [0.25, 0.3) is 0 Å². The molecular weight excluding hydrogens is 334 g/mol. The summed E-state index contributed by atoms with van der Waals surface area (Å²) >= 11 is 0. The molecular formula is C23H23N3O. The first-order chi connectivity index (χ1) is 13.1. The van der Waals surface area contributed by atoms with Crippen LogP contribution >= 0.6 is 0 Å². The van der Waals surface area contributed by atoms with Crippen molar-refractivity contribution in [1.29, 1.82) is 0 Å². The molecule has 4 heteroatoms. The third-order valence-electron chi connectivity index (χ3n) is 5.57. The van der Waals surface area contributed by atoms with E-state index >= 15 is 0 Å². The predicted molar refractivity (Wildman–Crippen MR) is 112 cm³/mol. The number of fused-ring (bicyclic) bond motifs is 4. The van der Waals surface area contributed by atoms with Crippen LogP contribution in [0, 0.1) is 6.92 Å². The molecule has 0 radical (unpaired) electrons.